The molecule has 0 fully saturated rings. The van der Waals surface area contributed by atoms with Crippen LogP contribution in [0.3, 0.4) is 0 Å². The molecule has 2 aromatic rings. The van der Waals surface area contributed by atoms with E-state index in [1.807, 2.05) is 16.3 Å². The Bertz CT molecular complexity index is 711. The van der Waals surface area contributed by atoms with Crippen LogP contribution < -0.4 is 5.32 Å². The summed E-state index contributed by atoms with van der Waals surface area (Å²) in [6.45, 7) is 14.4. The van der Waals surface area contributed by atoms with E-state index in [0.717, 1.165) is 43.0 Å². The van der Waals surface area contributed by atoms with Gasteiger partial charge in [0.15, 0.2) is 0 Å². The normalized spacial score (nSPS) is 11.5. The van der Waals surface area contributed by atoms with Gasteiger partial charge in [-0.3, -0.25) is 14.2 Å². The van der Waals surface area contributed by atoms with Gasteiger partial charge in [0, 0.05) is 13.1 Å². The molecular formula is C19H31N5O. The zero-order valence-electron chi connectivity index (χ0n) is 16.3. The Morgan fingerprint density at radius 1 is 1.12 bits per heavy atom. The van der Waals surface area contributed by atoms with Crippen LogP contribution in [0.5, 0.6) is 0 Å². The summed E-state index contributed by atoms with van der Waals surface area (Å²) < 4.78 is 3.90. The molecule has 0 saturated heterocycles. The summed E-state index contributed by atoms with van der Waals surface area (Å²) in [5.41, 5.74) is 3.39. The third-order valence-corrected chi connectivity index (χ3v) is 4.34. The molecule has 0 atom stereocenters. The number of carbonyl (C=O) groups excluding carboxylic acids is 1. The fourth-order valence-corrected chi connectivity index (χ4v) is 2.84. The summed E-state index contributed by atoms with van der Waals surface area (Å²) in [7, 11) is 0. The highest BCUT2D eigenvalue weighted by Gasteiger charge is 2.18. The molecule has 0 saturated carbocycles. The van der Waals surface area contributed by atoms with Gasteiger partial charge >= 0.3 is 0 Å². The molecule has 0 spiro atoms. The Kier molecular flexibility index (Phi) is 6.39. The van der Waals surface area contributed by atoms with Crippen molar-refractivity contribution in [1.29, 1.82) is 0 Å². The van der Waals surface area contributed by atoms with Gasteiger partial charge in [0.05, 0.1) is 35.0 Å². The predicted molar refractivity (Wildman–Crippen MR) is 101 cm³/mol. The van der Waals surface area contributed by atoms with E-state index in [-0.39, 0.29) is 5.91 Å². The fourth-order valence-electron chi connectivity index (χ4n) is 2.84. The van der Waals surface area contributed by atoms with Gasteiger partial charge in [-0.1, -0.05) is 34.6 Å². The smallest absolute Gasteiger partial charge is 0.259 e. The standard InChI is InChI=1S/C19H31N5O/c1-7-18-16(10-20-24(18)12-14(4)5)19(25)22-17-11-21-23(15(17)6)9-8-13(2)3/h10-11,13-14H,7-9,12H2,1-6H3,(H,22,25). The van der Waals surface area contributed by atoms with Gasteiger partial charge in [0.2, 0.25) is 0 Å². The van der Waals surface area contributed by atoms with Gasteiger partial charge in [0.25, 0.3) is 5.91 Å². The Balaban J connectivity index is 2.14. The highest BCUT2D eigenvalue weighted by molar-refractivity contribution is 6.05. The third-order valence-electron chi connectivity index (χ3n) is 4.34. The minimum absolute atomic E-state index is 0.113. The summed E-state index contributed by atoms with van der Waals surface area (Å²) in [5, 5.41) is 11.8. The third kappa shape index (κ3) is 4.71. The number of nitrogens with zero attached hydrogens (tertiary/aromatic N) is 4. The van der Waals surface area contributed by atoms with E-state index in [9.17, 15) is 4.79 Å². The minimum atomic E-state index is -0.113. The molecule has 1 N–H and O–H groups in total. The molecule has 2 rings (SSSR count). The van der Waals surface area contributed by atoms with Gasteiger partial charge in [-0.2, -0.15) is 10.2 Å². The van der Waals surface area contributed by atoms with Crippen LogP contribution in [-0.2, 0) is 19.5 Å². The van der Waals surface area contributed by atoms with E-state index in [1.54, 1.807) is 12.4 Å². The zero-order chi connectivity index (χ0) is 18.6. The first kappa shape index (κ1) is 19.2. The van der Waals surface area contributed by atoms with Crippen LogP contribution in [0.4, 0.5) is 5.69 Å². The summed E-state index contributed by atoms with van der Waals surface area (Å²) in [5.74, 6) is 1.00. The SMILES string of the molecule is CCc1c(C(=O)Nc2cnn(CCC(C)C)c2C)cnn1CC(C)C. The second kappa shape index (κ2) is 8.32. The number of nitrogens with one attached hydrogen (secondary N) is 1. The zero-order valence-corrected chi connectivity index (χ0v) is 16.3. The molecule has 0 bridgehead atoms. The lowest BCUT2D eigenvalue weighted by Gasteiger charge is -2.10. The Morgan fingerprint density at radius 3 is 2.40 bits per heavy atom. The van der Waals surface area contributed by atoms with Crippen molar-refractivity contribution in [2.75, 3.05) is 5.32 Å². The van der Waals surface area contributed by atoms with Gasteiger partial charge in [-0.25, -0.2) is 0 Å². The van der Waals surface area contributed by atoms with Crippen molar-refractivity contribution in [3.63, 3.8) is 0 Å². The van der Waals surface area contributed by atoms with Crippen LogP contribution in [0.2, 0.25) is 0 Å². The van der Waals surface area contributed by atoms with E-state index >= 15 is 0 Å². The highest BCUT2D eigenvalue weighted by Crippen LogP contribution is 2.18. The van der Waals surface area contributed by atoms with E-state index in [4.69, 9.17) is 0 Å². The number of rotatable bonds is 8. The molecule has 0 aliphatic heterocycles. The molecule has 6 nitrogen and oxygen atoms in total. The molecular weight excluding hydrogens is 314 g/mol. The van der Waals surface area contributed by atoms with Crippen molar-refractivity contribution < 1.29 is 4.79 Å². The second-order valence-electron chi connectivity index (χ2n) is 7.44. The Morgan fingerprint density at radius 2 is 1.80 bits per heavy atom. The monoisotopic (exact) mass is 345 g/mol. The maximum absolute atomic E-state index is 12.7. The number of hydrogen-bond acceptors (Lipinski definition) is 3. The maximum Gasteiger partial charge on any atom is 0.259 e. The number of aromatic nitrogens is 4. The van der Waals surface area contributed by atoms with Gasteiger partial charge in [-0.05, 0) is 31.6 Å². The van der Waals surface area contributed by atoms with E-state index in [0.29, 0.717) is 17.4 Å². The summed E-state index contributed by atoms with van der Waals surface area (Å²) in [6.07, 6.45) is 5.26. The molecule has 138 valence electrons. The molecule has 0 aromatic carbocycles. The van der Waals surface area contributed by atoms with E-state index in [1.165, 1.54) is 0 Å². The number of amides is 1. The summed E-state index contributed by atoms with van der Waals surface area (Å²) in [4.78, 5) is 12.7. The molecule has 0 radical (unpaired) electrons. The Labute approximate surface area is 150 Å². The van der Waals surface area contributed by atoms with Gasteiger partial charge in [0.1, 0.15) is 0 Å². The minimum Gasteiger partial charge on any atom is -0.319 e. The molecule has 0 aliphatic carbocycles. The maximum atomic E-state index is 12.7. The molecule has 2 heterocycles. The quantitative estimate of drug-likeness (QED) is 0.789. The molecule has 1 amide bonds. The molecule has 6 heteroatoms. The number of hydrogen-bond donors (Lipinski definition) is 1. The summed E-state index contributed by atoms with van der Waals surface area (Å²) in [6, 6.07) is 0. The van der Waals surface area contributed by atoms with Crippen molar-refractivity contribution in [3.8, 4) is 0 Å². The molecule has 25 heavy (non-hydrogen) atoms. The Hall–Kier alpha value is -2.11. The summed E-state index contributed by atoms with van der Waals surface area (Å²) >= 11 is 0. The van der Waals surface area contributed by atoms with Crippen LogP contribution >= 0.6 is 0 Å². The average Bonchev–Trinajstić information content (AvgIpc) is 3.09. The predicted octanol–water partition coefficient (Wildman–Crippen LogP) is 3.90. The van der Waals surface area contributed by atoms with E-state index < -0.39 is 0 Å². The van der Waals surface area contributed by atoms with Gasteiger partial charge < -0.3 is 5.32 Å². The lowest BCUT2D eigenvalue weighted by Crippen LogP contribution is -2.16. The topological polar surface area (TPSA) is 64.7 Å². The second-order valence-corrected chi connectivity index (χ2v) is 7.44. The van der Waals surface area contributed by atoms with Crippen molar-refractivity contribution in [2.24, 2.45) is 11.8 Å². The van der Waals surface area contributed by atoms with Crippen LogP contribution in [-0.4, -0.2) is 25.5 Å². The molecule has 0 aliphatic rings. The fraction of sp³-hybridized carbons (Fsp3) is 0.632. The average molecular weight is 345 g/mol. The highest BCUT2D eigenvalue weighted by atomic mass is 16.1. The van der Waals surface area contributed by atoms with Crippen LogP contribution in [0.25, 0.3) is 0 Å². The molecule has 2 aromatic heterocycles. The lowest BCUT2D eigenvalue weighted by molar-refractivity contribution is 0.102. The van der Waals surface area contributed by atoms with Crippen molar-refractivity contribution >= 4 is 11.6 Å². The van der Waals surface area contributed by atoms with E-state index in [2.05, 4.69) is 50.1 Å². The lowest BCUT2D eigenvalue weighted by atomic mass is 10.1. The largest absolute Gasteiger partial charge is 0.319 e. The van der Waals surface area contributed by atoms with Crippen molar-refractivity contribution in [1.82, 2.24) is 19.6 Å². The van der Waals surface area contributed by atoms with Crippen LogP contribution in [0.1, 0.15) is 62.8 Å². The number of aryl methyl sites for hydroxylation is 1. The molecule has 0 unspecified atom stereocenters. The first-order valence-corrected chi connectivity index (χ1v) is 9.21. The first-order chi connectivity index (χ1) is 11.8. The first-order valence-electron chi connectivity index (χ1n) is 9.21. The van der Waals surface area contributed by atoms with Gasteiger partial charge in [-0.15, -0.1) is 0 Å². The number of carbonyl (C=O) groups is 1. The van der Waals surface area contributed by atoms with Crippen LogP contribution in [0.15, 0.2) is 12.4 Å². The van der Waals surface area contributed by atoms with Crippen LogP contribution in [0, 0.1) is 18.8 Å². The van der Waals surface area contributed by atoms with Crippen molar-refractivity contribution in [2.45, 2.75) is 67.5 Å². The number of anilines is 1. The van der Waals surface area contributed by atoms with Crippen molar-refractivity contribution in [3.05, 3.63) is 29.3 Å².